The summed E-state index contributed by atoms with van der Waals surface area (Å²) in [7, 11) is 0. The van der Waals surface area contributed by atoms with Crippen LogP contribution in [-0.4, -0.2) is 11.7 Å². The molecule has 0 aliphatic heterocycles. The minimum atomic E-state index is -0.174. The van der Waals surface area contributed by atoms with Gasteiger partial charge in [-0.25, -0.2) is 0 Å². The summed E-state index contributed by atoms with van der Waals surface area (Å²) in [5.41, 5.74) is 3.08. The van der Waals surface area contributed by atoms with E-state index in [1.54, 1.807) is 30.3 Å². The number of hydrogen-bond acceptors (Lipinski definition) is 3. The highest BCUT2D eigenvalue weighted by atomic mass is 16.5. The second-order valence-electron chi connectivity index (χ2n) is 6.31. The van der Waals surface area contributed by atoms with Crippen LogP contribution in [0.2, 0.25) is 0 Å². The standard InChI is InChI=1S/C24H21NO3/c1-18(26)25-22-11-6-10-21(16-22)24(27)14-13-19-9-5-12-23(15-19)28-17-20-7-3-2-4-8-20/h2-16H,17H2,1H3,(H,25,26)/b14-13+. The van der Waals surface area contributed by atoms with Gasteiger partial charge in [0.25, 0.3) is 0 Å². The van der Waals surface area contributed by atoms with E-state index in [9.17, 15) is 9.59 Å². The number of rotatable bonds is 7. The summed E-state index contributed by atoms with van der Waals surface area (Å²) < 4.78 is 5.82. The van der Waals surface area contributed by atoms with E-state index in [1.165, 1.54) is 13.0 Å². The third-order valence-electron chi connectivity index (χ3n) is 4.00. The van der Waals surface area contributed by atoms with E-state index in [1.807, 2.05) is 54.6 Å². The zero-order valence-electron chi connectivity index (χ0n) is 15.6. The molecule has 0 radical (unpaired) electrons. The zero-order valence-corrected chi connectivity index (χ0v) is 15.6. The molecule has 0 aliphatic rings. The van der Waals surface area contributed by atoms with Crippen molar-refractivity contribution in [2.45, 2.75) is 13.5 Å². The number of allylic oxidation sites excluding steroid dienone is 1. The van der Waals surface area contributed by atoms with Crippen molar-refractivity contribution in [3.63, 3.8) is 0 Å². The molecule has 0 aliphatic carbocycles. The van der Waals surface area contributed by atoms with Crippen molar-refractivity contribution >= 4 is 23.5 Å². The normalized spacial score (nSPS) is 10.6. The number of amides is 1. The van der Waals surface area contributed by atoms with Gasteiger partial charge in [-0.1, -0.05) is 60.7 Å². The first-order valence-corrected chi connectivity index (χ1v) is 8.97. The van der Waals surface area contributed by atoms with Gasteiger partial charge in [-0.2, -0.15) is 0 Å². The minimum absolute atomic E-state index is 0.136. The lowest BCUT2D eigenvalue weighted by Crippen LogP contribution is -2.06. The van der Waals surface area contributed by atoms with E-state index in [2.05, 4.69) is 5.32 Å². The molecule has 0 heterocycles. The molecule has 0 saturated carbocycles. The van der Waals surface area contributed by atoms with Gasteiger partial charge in [-0.3, -0.25) is 9.59 Å². The fraction of sp³-hybridized carbons (Fsp3) is 0.0833. The number of hydrogen-bond donors (Lipinski definition) is 1. The smallest absolute Gasteiger partial charge is 0.221 e. The summed E-state index contributed by atoms with van der Waals surface area (Å²) in [6.07, 6.45) is 3.27. The molecular weight excluding hydrogens is 350 g/mol. The molecule has 0 atom stereocenters. The van der Waals surface area contributed by atoms with Crippen molar-refractivity contribution in [1.82, 2.24) is 0 Å². The fourth-order valence-electron chi connectivity index (χ4n) is 2.67. The number of benzene rings is 3. The van der Waals surface area contributed by atoms with Crippen LogP contribution >= 0.6 is 0 Å². The second-order valence-corrected chi connectivity index (χ2v) is 6.31. The quantitative estimate of drug-likeness (QED) is 0.463. The summed E-state index contributed by atoms with van der Waals surface area (Å²) in [5.74, 6) is 0.432. The van der Waals surface area contributed by atoms with Crippen LogP contribution in [0.25, 0.3) is 6.08 Å². The number of carbonyl (C=O) groups is 2. The van der Waals surface area contributed by atoms with Crippen LogP contribution < -0.4 is 10.1 Å². The van der Waals surface area contributed by atoms with Crippen LogP contribution in [0.4, 0.5) is 5.69 Å². The topological polar surface area (TPSA) is 55.4 Å². The van der Waals surface area contributed by atoms with Crippen molar-refractivity contribution in [2.24, 2.45) is 0 Å². The van der Waals surface area contributed by atoms with Gasteiger partial charge >= 0.3 is 0 Å². The molecule has 0 saturated heterocycles. The molecule has 3 rings (SSSR count). The van der Waals surface area contributed by atoms with Gasteiger partial charge in [0.05, 0.1) is 0 Å². The maximum absolute atomic E-state index is 12.4. The third kappa shape index (κ3) is 5.68. The van der Waals surface area contributed by atoms with Crippen LogP contribution in [0.1, 0.15) is 28.4 Å². The second kappa shape index (κ2) is 9.33. The molecule has 140 valence electrons. The Bertz CT molecular complexity index is 993. The maximum Gasteiger partial charge on any atom is 0.221 e. The largest absolute Gasteiger partial charge is 0.489 e. The molecule has 0 aromatic heterocycles. The van der Waals surface area contributed by atoms with E-state index in [0.717, 1.165) is 16.9 Å². The van der Waals surface area contributed by atoms with Gasteiger partial charge in [-0.15, -0.1) is 0 Å². The van der Waals surface area contributed by atoms with Gasteiger partial charge in [-0.05, 0) is 41.5 Å². The lowest BCUT2D eigenvalue weighted by atomic mass is 10.1. The number of carbonyl (C=O) groups excluding carboxylic acids is 2. The molecule has 1 N–H and O–H groups in total. The van der Waals surface area contributed by atoms with Gasteiger partial charge < -0.3 is 10.1 Å². The van der Waals surface area contributed by atoms with Gasteiger partial charge in [0.15, 0.2) is 5.78 Å². The number of ketones is 1. The molecule has 0 spiro atoms. The fourth-order valence-corrected chi connectivity index (χ4v) is 2.67. The molecule has 3 aromatic carbocycles. The van der Waals surface area contributed by atoms with Gasteiger partial charge in [0.2, 0.25) is 5.91 Å². The summed E-state index contributed by atoms with van der Waals surface area (Å²) in [6, 6.07) is 24.4. The Morgan fingerprint density at radius 3 is 2.50 bits per heavy atom. The molecular formula is C24H21NO3. The summed E-state index contributed by atoms with van der Waals surface area (Å²) in [4.78, 5) is 23.6. The van der Waals surface area contributed by atoms with Crippen LogP contribution in [0.5, 0.6) is 5.75 Å². The highest BCUT2D eigenvalue weighted by Crippen LogP contribution is 2.17. The third-order valence-corrected chi connectivity index (χ3v) is 4.00. The number of ether oxygens (including phenoxy) is 1. The van der Waals surface area contributed by atoms with Crippen molar-refractivity contribution in [1.29, 1.82) is 0 Å². The molecule has 0 bridgehead atoms. The van der Waals surface area contributed by atoms with Crippen molar-refractivity contribution in [3.05, 3.63) is 102 Å². The Hall–Kier alpha value is -3.66. The molecule has 4 heteroatoms. The molecule has 0 unspecified atom stereocenters. The van der Waals surface area contributed by atoms with E-state index in [4.69, 9.17) is 4.74 Å². The molecule has 1 amide bonds. The van der Waals surface area contributed by atoms with Crippen molar-refractivity contribution < 1.29 is 14.3 Å². The molecule has 4 nitrogen and oxygen atoms in total. The Kier molecular flexibility index (Phi) is 6.37. The summed E-state index contributed by atoms with van der Waals surface area (Å²) in [5, 5.41) is 2.68. The van der Waals surface area contributed by atoms with Crippen molar-refractivity contribution in [2.75, 3.05) is 5.32 Å². The SMILES string of the molecule is CC(=O)Nc1cccc(C(=O)/C=C/c2cccc(OCc3ccccc3)c2)c1. The first kappa shape index (κ1) is 19.1. The average Bonchev–Trinajstić information content (AvgIpc) is 2.71. The predicted molar refractivity (Wildman–Crippen MR) is 111 cm³/mol. The Morgan fingerprint density at radius 1 is 0.929 bits per heavy atom. The molecule has 3 aromatic rings. The van der Waals surface area contributed by atoms with Crippen molar-refractivity contribution in [3.8, 4) is 5.75 Å². The van der Waals surface area contributed by atoms with Crippen LogP contribution in [-0.2, 0) is 11.4 Å². The highest BCUT2D eigenvalue weighted by molar-refractivity contribution is 6.07. The first-order chi connectivity index (χ1) is 13.6. The van der Waals surface area contributed by atoms with E-state index < -0.39 is 0 Å². The lowest BCUT2D eigenvalue weighted by molar-refractivity contribution is -0.114. The first-order valence-electron chi connectivity index (χ1n) is 8.97. The predicted octanol–water partition coefficient (Wildman–Crippen LogP) is 5.12. The maximum atomic E-state index is 12.4. The Morgan fingerprint density at radius 2 is 1.71 bits per heavy atom. The lowest BCUT2D eigenvalue weighted by Gasteiger charge is -2.07. The summed E-state index contributed by atoms with van der Waals surface area (Å²) in [6.45, 7) is 1.92. The number of nitrogens with one attached hydrogen (secondary N) is 1. The minimum Gasteiger partial charge on any atom is -0.489 e. The Balaban J connectivity index is 1.65. The Labute approximate surface area is 164 Å². The average molecular weight is 371 g/mol. The summed E-state index contributed by atoms with van der Waals surface area (Å²) >= 11 is 0. The van der Waals surface area contributed by atoms with E-state index in [0.29, 0.717) is 17.9 Å². The van der Waals surface area contributed by atoms with Gasteiger partial charge in [0, 0.05) is 18.2 Å². The van der Waals surface area contributed by atoms with E-state index >= 15 is 0 Å². The van der Waals surface area contributed by atoms with E-state index in [-0.39, 0.29) is 11.7 Å². The van der Waals surface area contributed by atoms with Crippen LogP contribution in [0.15, 0.2) is 84.9 Å². The highest BCUT2D eigenvalue weighted by Gasteiger charge is 2.04. The number of anilines is 1. The monoisotopic (exact) mass is 371 g/mol. The van der Waals surface area contributed by atoms with Crippen LogP contribution in [0, 0.1) is 0 Å². The van der Waals surface area contributed by atoms with Gasteiger partial charge in [0.1, 0.15) is 12.4 Å². The zero-order chi connectivity index (χ0) is 19.8. The molecule has 0 fully saturated rings. The van der Waals surface area contributed by atoms with Crippen LogP contribution in [0.3, 0.4) is 0 Å². The molecule has 28 heavy (non-hydrogen) atoms.